The number of piperazine rings is 1. The van der Waals surface area contributed by atoms with Gasteiger partial charge in [0.2, 0.25) is 0 Å². The first-order valence-corrected chi connectivity index (χ1v) is 28.9. The SMILES string of the molecule is COc1cccc(-c2c3nc(c(-c4cccc(OC)c4)c4ccc([nH]4)c(-c4cccc(OC)c4)c4nc(c(C#Cc5ccc(C(=O)N6CCN(C(=O)c7ccc(C(=O)CSC(=S)N8CCCC8)cc7)CC6)cc5)c5ccc2[nH]5)C=C4)C=C3)c1. The van der Waals surface area contributed by atoms with E-state index in [1.54, 1.807) is 67.5 Å². The minimum Gasteiger partial charge on any atom is -0.497 e. The highest BCUT2D eigenvalue weighted by atomic mass is 32.2. The molecule has 15 heteroatoms. The van der Waals surface area contributed by atoms with Crippen LogP contribution in [0.4, 0.5) is 0 Å². The van der Waals surface area contributed by atoms with Crippen LogP contribution in [0.1, 0.15) is 77.8 Å². The Balaban J connectivity index is 0.869. The zero-order chi connectivity index (χ0) is 57.0. The molecule has 12 rings (SSSR count). The number of methoxy groups -OCH3 is 3. The number of nitrogens with zero attached hydrogens (tertiary/aromatic N) is 5. The van der Waals surface area contributed by atoms with E-state index in [-0.39, 0.29) is 23.4 Å². The number of aromatic nitrogens is 4. The van der Waals surface area contributed by atoms with Crippen molar-refractivity contribution in [2.24, 2.45) is 0 Å². The molecule has 0 saturated carbocycles. The first kappa shape index (κ1) is 54.1. The highest BCUT2D eigenvalue weighted by Crippen LogP contribution is 2.39. The lowest BCUT2D eigenvalue weighted by Gasteiger charge is -2.35. The van der Waals surface area contributed by atoms with E-state index in [0.29, 0.717) is 71.2 Å². The molecule has 0 unspecified atom stereocenters. The fourth-order valence-corrected chi connectivity index (χ4v) is 12.0. The standard InChI is InChI=1S/C68H57N7O6S2/c1-79-50-12-6-9-47(39-50)63-56-27-25-54(69-56)53(24-17-43-15-18-45(19-16-43)66(77)73-35-37-74(38-36-73)67(78)46-22-20-44(21-23-46)62(76)42-83-68(82)75-33-4-5-34-75)55-26-28-57(70-55)64(48-10-7-13-51(40-48)80-2)59-30-32-61(72-59)65(60-31-29-58(63)71-60)49-11-8-14-52(41-49)81-3/h6-16,18-23,25-32,39-41,69,72H,4-5,33-38,42H2,1-3H3. The Morgan fingerprint density at radius 3 is 1.37 bits per heavy atom. The third-order valence-electron chi connectivity index (χ3n) is 15.3. The smallest absolute Gasteiger partial charge is 0.253 e. The molecular weight excluding hydrogens is 1070 g/mol. The van der Waals surface area contributed by atoms with Gasteiger partial charge in [0.15, 0.2) is 5.78 Å². The molecule has 0 spiro atoms. The fourth-order valence-electron chi connectivity index (χ4n) is 10.9. The zero-order valence-electron chi connectivity index (χ0n) is 46.0. The third kappa shape index (κ3) is 11.4. The van der Waals surface area contributed by atoms with Gasteiger partial charge in [-0.25, -0.2) is 9.97 Å². The lowest BCUT2D eigenvalue weighted by molar-refractivity contribution is 0.0535. The number of carbonyl (C=O) groups excluding carboxylic acids is 3. The van der Waals surface area contributed by atoms with E-state index in [9.17, 15) is 14.4 Å². The molecule has 2 saturated heterocycles. The van der Waals surface area contributed by atoms with Crippen molar-refractivity contribution in [3.63, 3.8) is 0 Å². The molecule has 0 aliphatic carbocycles. The number of benzene rings is 5. The average Bonchev–Trinajstić information content (AvgIpc) is 4.56. The van der Waals surface area contributed by atoms with Crippen LogP contribution in [-0.4, -0.2) is 123 Å². The lowest BCUT2D eigenvalue weighted by atomic mass is 10.0. The van der Waals surface area contributed by atoms with Gasteiger partial charge in [-0.15, -0.1) is 0 Å². The van der Waals surface area contributed by atoms with Gasteiger partial charge in [0.25, 0.3) is 11.8 Å². The Labute approximate surface area is 490 Å². The Kier molecular flexibility index (Phi) is 15.6. The molecule has 8 aromatic rings. The van der Waals surface area contributed by atoms with E-state index in [1.807, 2.05) is 97.1 Å². The number of amides is 2. The normalized spacial score (nSPS) is 13.6. The molecule has 4 aliphatic rings. The number of aromatic amines is 2. The Morgan fingerprint density at radius 2 is 0.904 bits per heavy atom. The monoisotopic (exact) mass is 1130 g/mol. The van der Waals surface area contributed by atoms with Crippen molar-refractivity contribution < 1.29 is 28.6 Å². The number of fused-ring (bicyclic) bond motifs is 8. The zero-order valence-corrected chi connectivity index (χ0v) is 47.7. The molecule has 13 nitrogen and oxygen atoms in total. The average molecular weight is 1130 g/mol. The van der Waals surface area contributed by atoms with E-state index in [4.69, 9.17) is 36.4 Å². The largest absolute Gasteiger partial charge is 0.497 e. The predicted octanol–water partition coefficient (Wildman–Crippen LogP) is 13.0. The van der Waals surface area contributed by atoms with Gasteiger partial charge >= 0.3 is 0 Å². The van der Waals surface area contributed by atoms with Crippen LogP contribution in [0.2, 0.25) is 0 Å². The van der Waals surface area contributed by atoms with E-state index in [2.05, 4.69) is 63.1 Å². The number of ether oxygens (including phenoxy) is 3. The predicted molar refractivity (Wildman–Crippen MR) is 336 cm³/mol. The summed E-state index contributed by atoms with van der Waals surface area (Å²) in [4.78, 5) is 64.5. The summed E-state index contributed by atoms with van der Waals surface area (Å²) in [6.07, 6.45) is 10.4. The number of likely N-dealkylation sites (tertiary alicyclic amines) is 1. The van der Waals surface area contributed by atoms with Crippen LogP contribution in [-0.2, 0) is 0 Å². The Morgan fingerprint density at radius 1 is 0.494 bits per heavy atom. The number of rotatable bonds is 11. The third-order valence-corrected chi connectivity index (χ3v) is 16.8. The van der Waals surface area contributed by atoms with Crippen molar-refractivity contribution >= 4 is 92.3 Å². The van der Waals surface area contributed by atoms with Gasteiger partial charge in [-0.2, -0.15) is 0 Å². The Hall–Kier alpha value is -9.49. The van der Waals surface area contributed by atoms with Crippen LogP contribution < -0.4 is 14.2 Å². The van der Waals surface area contributed by atoms with Crippen molar-refractivity contribution in [1.82, 2.24) is 34.6 Å². The quantitative estimate of drug-likeness (QED) is 0.0725. The van der Waals surface area contributed by atoms with Gasteiger partial charge in [0, 0.05) is 94.8 Å². The number of carbonyl (C=O) groups is 3. The van der Waals surface area contributed by atoms with Crippen molar-refractivity contribution in [2.45, 2.75) is 12.8 Å². The number of hydrogen-bond donors (Lipinski definition) is 2. The summed E-state index contributed by atoms with van der Waals surface area (Å²) in [5, 5.41) is 0. The molecule has 2 N–H and O–H groups in total. The summed E-state index contributed by atoms with van der Waals surface area (Å²) in [5.74, 6) is 9.01. The molecule has 2 amide bonds. The van der Waals surface area contributed by atoms with Crippen molar-refractivity contribution in [2.75, 3.05) is 66.4 Å². The van der Waals surface area contributed by atoms with Gasteiger partial charge in [0.1, 0.15) is 21.6 Å². The van der Waals surface area contributed by atoms with Gasteiger partial charge in [0.05, 0.1) is 60.9 Å². The van der Waals surface area contributed by atoms with E-state index >= 15 is 0 Å². The molecule has 4 aliphatic heterocycles. The molecule has 5 aromatic carbocycles. The lowest BCUT2D eigenvalue weighted by Crippen LogP contribution is -2.50. The summed E-state index contributed by atoms with van der Waals surface area (Å²) >= 11 is 6.93. The van der Waals surface area contributed by atoms with Crippen LogP contribution in [0.25, 0.3) is 79.8 Å². The molecule has 7 heterocycles. The Bertz CT molecular complexity index is 4130. The van der Waals surface area contributed by atoms with Crippen LogP contribution in [0.15, 0.2) is 146 Å². The molecule has 8 bridgehead atoms. The van der Waals surface area contributed by atoms with E-state index < -0.39 is 0 Å². The molecule has 2 fully saturated rings. The number of thiocarbonyl (C=S) groups is 1. The summed E-state index contributed by atoms with van der Waals surface area (Å²) in [6, 6.07) is 46.3. The topological polar surface area (TPSA) is 146 Å². The minimum atomic E-state index is -0.135. The van der Waals surface area contributed by atoms with Gasteiger partial charge in [-0.3, -0.25) is 14.4 Å². The number of hydrogen-bond acceptors (Lipinski definition) is 10. The number of nitrogens with one attached hydrogen (secondary N) is 2. The maximum absolute atomic E-state index is 13.9. The second kappa shape index (κ2) is 23.9. The molecule has 0 atom stereocenters. The molecular formula is C68H57N7O6S2. The molecule has 83 heavy (non-hydrogen) atoms. The highest BCUT2D eigenvalue weighted by molar-refractivity contribution is 8.23. The van der Waals surface area contributed by atoms with Crippen molar-refractivity contribution in [3.8, 4) is 62.5 Å². The second-order valence-corrected chi connectivity index (χ2v) is 22.0. The minimum absolute atomic E-state index is 0.0260. The maximum atomic E-state index is 13.9. The van der Waals surface area contributed by atoms with Crippen molar-refractivity contribution in [3.05, 3.63) is 196 Å². The number of ketones is 1. The van der Waals surface area contributed by atoms with E-state index in [1.165, 1.54) is 11.8 Å². The van der Waals surface area contributed by atoms with Crippen LogP contribution in [0.5, 0.6) is 17.2 Å². The highest BCUT2D eigenvalue weighted by Gasteiger charge is 2.27. The first-order valence-electron chi connectivity index (χ1n) is 27.5. The van der Waals surface area contributed by atoms with Crippen LogP contribution in [0, 0.1) is 11.8 Å². The van der Waals surface area contributed by atoms with Crippen LogP contribution >= 0.6 is 24.0 Å². The summed E-state index contributed by atoms with van der Waals surface area (Å²) in [6.45, 7) is 3.42. The number of thioether (sulfide) groups is 1. The summed E-state index contributed by atoms with van der Waals surface area (Å²) in [5.41, 5.74) is 14.4. The number of H-pyrrole nitrogens is 2. The van der Waals surface area contributed by atoms with Gasteiger partial charge in [-0.1, -0.05) is 84.4 Å². The maximum Gasteiger partial charge on any atom is 0.253 e. The summed E-state index contributed by atoms with van der Waals surface area (Å²) < 4.78 is 18.0. The first-order chi connectivity index (χ1) is 40.6. The fraction of sp³-hybridized carbons (Fsp3) is 0.176. The van der Waals surface area contributed by atoms with Crippen LogP contribution in [0.3, 0.4) is 0 Å². The molecule has 0 radical (unpaired) electrons. The van der Waals surface area contributed by atoms with E-state index in [0.717, 1.165) is 109 Å². The molecule has 412 valence electrons. The summed E-state index contributed by atoms with van der Waals surface area (Å²) in [7, 11) is 4.99. The molecule has 3 aromatic heterocycles. The number of Topliss-reactive ketones (excluding diaryl/α,β-unsaturated/α-hetero) is 1. The van der Waals surface area contributed by atoms with Gasteiger partial charge < -0.3 is 38.9 Å². The van der Waals surface area contributed by atoms with Crippen molar-refractivity contribution in [1.29, 1.82) is 0 Å². The second-order valence-electron chi connectivity index (χ2n) is 20.4. The van der Waals surface area contributed by atoms with Gasteiger partial charge in [-0.05, 0) is 151 Å².